The summed E-state index contributed by atoms with van der Waals surface area (Å²) in [6.45, 7) is 5.87. The lowest BCUT2D eigenvalue weighted by atomic mass is 9.81. The number of aromatic nitrogens is 4. The van der Waals surface area contributed by atoms with Crippen molar-refractivity contribution in [3.63, 3.8) is 0 Å². The molecule has 0 spiro atoms. The summed E-state index contributed by atoms with van der Waals surface area (Å²) in [6, 6.07) is 9.13. The molecule has 3 aliphatic rings. The van der Waals surface area contributed by atoms with Crippen LogP contribution in [0.1, 0.15) is 103 Å². The minimum Gasteiger partial charge on any atom is -0.387 e. The van der Waals surface area contributed by atoms with Gasteiger partial charge in [-0.3, -0.25) is 18.5 Å². The monoisotopic (exact) mass is 1260 g/mol. The molecule has 7 atom stereocenters. The Balaban J connectivity index is 0.815. The van der Waals surface area contributed by atoms with Crippen LogP contribution >= 0.6 is 22.3 Å². The molecule has 33 heteroatoms. The molecule has 1 amide bonds. The number of nitrogens with zero attached hydrogens (tertiary/aromatic N) is 6. The molecule has 11 N–H and O–H groups in total. The number of allylic oxidation sites excluding steroid dienone is 6. The first-order valence-corrected chi connectivity index (χ1v) is 34.6. The van der Waals surface area contributed by atoms with Crippen LogP contribution in [-0.2, 0) is 74.7 Å². The molecule has 0 aliphatic carbocycles. The Hall–Kier alpha value is -4.52. The van der Waals surface area contributed by atoms with Crippen LogP contribution in [0, 0.1) is 0 Å². The molecule has 27 nitrogen and oxygen atoms in total. The van der Waals surface area contributed by atoms with Gasteiger partial charge >= 0.3 is 22.3 Å². The molecule has 7 rings (SSSR count). The normalized spacial score (nSPS) is 22.5. The highest BCUT2D eigenvalue weighted by atomic mass is 32.5. The zero-order valence-corrected chi connectivity index (χ0v) is 50.6. The van der Waals surface area contributed by atoms with Crippen molar-refractivity contribution in [1.82, 2.24) is 29.9 Å². The number of aliphatic hydroxyl groups excluding tert-OH is 2. The summed E-state index contributed by atoms with van der Waals surface area (Å²) in [5.74, 6) is -0.0791. The minimum atomic E-state index is -5.54. The number of carbonyl (C=O) groups excluding carboxylic acids is 1. The van der Waals surface area contributed by atoms with Crippen molar-refractivity contribution in [3.8, 4) is 0 Å². The number of hydrogen-bond acceptors (Lipinski definition) is 19. The van der Waals surface area contributed by atoms with E-state index in [1.165, 1.54) is 35.2 Å². The fraction of sp³-hybridized carbons (Fsp3) is 0.490. The molecule has 0 saturated carbocycles. The maximum atomic E-state index is 12.7. The van der Waals surface area contributed by atoms with Crippen molar-refractivity contribution in [3.05, 3.63) is 96.3 Å². The standard InChI is InChI=1S/C49H68N9O18P3S3/c1-6-56-36-22-20-32(81(67,68)69)27-34(36)48(2,3)39(56)17-11-9-12-18-40-49(4,5)35-28-33(82(70,71)72)21-23-37(35)57(40)26-16-10-13-19-41(59)51-24-14-7-8-15-25-55-77(62,63)75-78(64,65)76-79(66,80)73-29-38-43(60)44(61)47(74-38)58-31-54-42-45(50)52-30-53-46(42)58/h9,11-12,17-18,20-23,27-28,30-31,38,43-44,47,60-61H,6-8,10,13-16,19,24-26,29H2,1-5H3,(H8-,50,51,52,53,55,59,62,63,64,65,66,67,68,69,70,71,72,80)/p+1/t38-,43-,44-,47-,79?/m1/s1. The van der Waals surface area contributed by atoms with E-state index in [-0.39, 0.29) is 45.6 Å². The van der Waals surface area contributed by atoms with E-state index in [0.29, 0.717) is 64.6 Å². The second-order valence-electron chi connectivity index (χ2n) is 20.7. The van der Waals surface area contributed by atoms with Crippen LogP contribution in [0.3, 0.4) is 0 Å². The number of nitrogens with one attached hydrogen (secondary N) is 2. The van der Waals surface area contributed by atoms with Gasteiger partial charge in [-0.15, -0.1) is 0 Å². The number of nitrogens with two attached hydrogens (primary N) is 1. The number of unbranched alkanes of at least 4 members (excludes halogenated alkanes) is 5. The molecule has 4 aromatic rings. The van der Waals surface area contributed by atoms with Gasteiger partial charge in [0, 0.05) is 67.0 Å². The zero-order valence-electron chi connectivity index (χ0n) is 45.5. The molecular weight excluding hydrogens is 1190 g/mol. The lowest BCUT2D eigenvalue weighted by Gasteiger charge is -2.25. The van der Waals surface area contributed by atoms with E-state index in [1.54, 1.807) is 12.1 Å². The predicted molar refractivity (Wildman–Crippen MR) is 306 cm³/mol. The number of rotatable bonds is 28. The first-order chi connectivity index (χ1) is 38.3. The van der Waals surface area contributed by atoms with Crippen molar-refractivity contribution in [2.24, 2.45) is 0 Å². The van der Waals surface area contributed by atoms with Gasteiger partial charge in [-0.1, -0.05) is 44.9 Å². The number of phosphoric acid groups is 1. The maximum Gasteiger partial charge on any atom is 0.487 e. The molecule has 0 radical (unpaired) electrons. The van der Waals surface area contributed by atoms with Gasteiger partial charge in [0.15, 0.2) is 23.4 Å². The summed E-state index contributed by atoms with van der Waals surface area (Å²) in [4.78, 5) is 57.2. The Morgan fingerprint density at radius 3 is 2.20 bits per heavy atom. The molecule has 3 aliphatic heterocycles. The summed E-state index contributed by atoms with van der Waals surface area (Å²) in [5.41, 5.74) is 9.87. The predicted octanol–water partition coefficient (Wildman–Crippen LogP) is 5.71. The van der Waals surface area contributed by atoms with Gasteiger partial charge in [0.05, 0.1) is 28.1 Å². The first kappa shape index (κ1) is 65.0. The van der Waals surface area contributed by atoms with Gasteiger partial charge < -0.3 is 50.1 Å². The molecule has 1 saturated heterocycles. The Morgan fingerprint density at radius 1 is 0.854 bits per heavy atom. The number of anilines is 2. The number of likely N-dealkylation sites (N-methyl/N-ethyl adjacent to an activating group) is 1. The summed E-state index contributed by atoms with van der Waals surface area (Å²) >= 11 is 4.78. The SMILES string of the molecule is CCN1C(=CC=CC=CC2=[N+](CCCCCC(=O)NCCCCCCNP(=O)(O)OP(=O)(O)OP(O)(=S)OC[C@H]3O[C@@H](n4cnc5c(N)ncnc54)[C@H](O)[C@@H]3O)c3ccc(S(=O)(=O)O)cc3C2(C)C)C(C)(C)c2cc(S(=O)(=O)O)ccc21. The molecule has 450 valence electrons. The number of carbonyl (C=O) groups is 1. The van der Waals surface area contributed by atoms with E-state index in [9.17, 15) is 64.8 Å². The highest BCUT2D eigenvalue weighted by Gasteiger charge is 2.48. The van der Waals surface area contributed by atoms with Crippen molar-refractivity contribution in [1.29, 1.82) is 0 Å². The molecule has 2 aromatic heterocycles. The Bertz CT molecular complexity index is 3560. The Labute approximate surface area is 479 Å². The summed E-state index contributed by atoms with van der Waals surface area (Å²) in [6.07, 6.45) is 10.5. The van der Waals surface area contributed by atoms with E-state index in [1.807, 2.05) is 65.0 Å². The van der Waals surface area contributed by atoms with Crippen LogP contribution in [0.5, 0.6) is 0 Å². The van der Waals surface area contributed by atoms with E-state index < -0.39 is 84.5 Å². The molecular formula is C49H69N9O18P3S3+. The third kappa shape index (κ3) is 15.5. The number of ether oxygens (including phenoxy) is 1. The fourth-order valence-electron chi connectivity index (χ4n) is 10.1. The summed E-state index contributed by atoms with van der Waals surface area (Å²) < 4.78 is 116. The van der Waals surface area contributed by atoms with Crippen LogP contribution < -0.4 is 21.0 Å². The number of fused-ring (bicyclic) bond motifs is 3. The van der Waals surface area contributed by atoms with Crippen molar-refractivity contribution in [2.75, 3.05) is 43.4 Å². The van der Waals surface area contributed by atoms with Crippen LogP contribution in [0.15, 0.2) is 94.9 Å². The third-order valence-electron chi connectivity index (χ3n) is 14.2. The van der Waals surface area contributed by atoms with Gasteiger partial charge in [0.1, 0.15) is 36.7 Å². The average Bonchev–Trinajstić information content (AvgIpc) is 4.10. The van der Waals surface area contributed by atoms with Crippen molar-refractivity contribution in [2.45, 2.75) is 131 Å². The van der Waals surface area contributed by atoms with Crippen LogP contribution in [0.2, 0.25) is 0 Å². The summed E-state index contributed by atoms with van der Waals surface area (Å²) in [7, 11) is -19.4. The molecule has 0 bridgehead atoms. The smallest absolute Gasteiger partial charge is 0.387 e. The Morgan fingerprint density at radius 2 is 1.51 bits per heavy atom. The molecule has 82 heavy (non-hydrogen) atoms. The van der Waals surface area contributed by atoms with E-state index in [0.717, 1.165) is 40.2 Å². The number of amides is 1. The molecule has 5 heterocycles. The third-order valence-corrected chi connectivity index (χ3v) is 21.3. The van der Waals surface area contributed by atoms with Gasteiger partial charge in [-0.05, 0) is 100 Å². The lowest BCUT2D eigenvalue weighted by Crippen LogP contribution is -2.33. The number of imidazole rings is 1. The highest BCUT2D eigenvalue weighted by molar-refractivity contribution is 8.08. The number of nitrogen functional groups attached to an aromatic ring is 1. The van der Waals surface area contributed by atoms with Crippen LogP contribution in [-0.4, -0.2) is 138 Å². The quantitative estimate of drug-likeness (QED) is 0.0107. The van der Waals surface area contributed by atoms with Crippen LogP contribution in [0.4, 0.5) is 17.2 Å². The molecule has 3 unspecified atom stereocenters. The second-order valence-corrected chi connectivity index (χ2v) is 29.7. The number of benzene rings is 2. The van der Waals surface area contributed by atoms with Gasteiger partial charge in [-0.2, -0.15) is 25.7 Å². The summed E-state index contributed by atoms with van der Waals surface area (Å²) in [5, 5.41) is 26.3. The van der Waals surface area contributed by atoms with E-state index >= 15 is 0 Å². The van der Waals surface area contributed by atoms with Crippen LogP contribution in [0.25, 0.3) is 11.2 Å². The van der Waals surface area contributed by atoms with Gasteiger partial charge in [-0.25, -0.2) is 33.5 Å². The molecule has 2 aromatic carbocycles. The van der Waals surface area contributed by atoms with Gasteiger partial charge in [0.2, 0.25) is 11.6 Å². The number of hydrogen-bond donors (Lipinski definition) is 10. The first-order valence-electron chi connectivity index (χ1n) is 26.0. The van der Waals surface area contributed by atoms with E-state index in [4.69, 9.17) is 26.8 Å². The van der Waals surface area contributed by atoms with E-state index in [2.05, 4.69) is 43.5 Å². The maximum absolute atomic E-state index is 12.7. The average molecular weight is 1260 g/mol. The second kappa shape index (κ2) is 26.0. The minimum absolute atomic E-state index is 0.0550. The topological polar surface area (TPSA) is 398 Å². The lowest BCUT2D eigenvalue weighted by molar-refractivity contribution is -0.438. The zero-order chi connectivity index (χ0) is 60.2. The fourth-order valence-corrected chi connectivity index (χ4v) is 15.8. The largest absolute Gasteiger partial charge is 0.487 e. The highest BCUT2D eigenvalue weighted by Crippen LogP contribution is 2.66. The number of aliphatic hydroxyl groups is 2. The van der Waals surface area contributed by atoms with Crippen molar-refractivity contribution >= 4 is 94.3 Å². The molecule has 1 fully saturated rings. The Kier molecular flexibility index (Phi) is 20.6. The van der Waals surface area contributed by atoms with Gasteiger partial charge in [0.25, 0.3) is 20.2 Å². The van der Waals surface area contributed by atoms with Crippen molar-refractivity contribution < 1.29 is 87.2 Å².